The fraction of sp³-hybridized carbons (Fsp3) is 0.102. The van der Waals surface area contributed by atoms with Gasteiger partial charge in [0.25, 0.3) is 20.2 Å². The van der Waals surface area contributed by atoms with E-state index in [1.165, 1.54) is 12.1 Å². The molecule has 0 amide bonds. The van der Waals surface area contributed by atoms with Crippen molar-refractivity contribution in [2.75, 3.05) is 5.32 Å². The van der Waals surface area contributed by atoms with Crippen LogP contribution in [0.15, 0.2) is 184 Å². The van der Waals surface area contributed by atoms with Crippen LogP contribution in [0.25, 0.3) is 21.5 Å². The van der Waals surface area contributed by atoms with E-state index in [4.69, 9.17) is 0 Å². The van der Waals surface area contributed by atoms with Gasteiger partial charge in [-0.05, 0) is 170 Å². The number of hydrogen-bond donors (Lipinski definition) is 4. The fourth-order valence-electron chi connectivity index (χ4n) is 7.32. The molecule has 0 saturated heterocycles. The highest BCUT2D eigenvalue weighted by Crippen LogP contribution is 2.40. The molecule has 0 aliphatic carbocycles. The second-order valence-electron chi connectivity index (χ2n) is 15.7. The van der Waals surface area contributed by atoms with Crippen molar-refractivity contribution < 1.29 is 31.0 Å². The molecule has 8 aromatic carbocycles. The monoisotopic (exact) mass is 931 g/mol. The van der Waals surface area contributed by atoms with Crippen molar-refractivity contribution in [1.29, 1.82) is 0 Å². The van der Waals surface area contributed by atoms with Crippen molar-refractivity contribution >= 4 is 98.7 Å². The van der Waals surface area contributed by atoms with Gasteiger partial charge < -0.3 is 10.4 Å². The summed E-state index contributed by atoms with van der Waals surface area (Å²) in [6.07, 6.45) is 0. The van der Waals surface area contributed by atoms with Gasteiger partial charge in [0, 0.05) is 22.1 Å². The van der Waals surface area contributed by atoms with Crippen molar-refractivity contribution in [3.05, 3.63) is 161 Å². The van der Waals surface area contributed by atoms with E-state index < -0.39 is 30.0 Å². The number of benzene rings is 8. The van der Waals surface area contributed by atoms with Crippen LogP contribution in [-0.4, -0.2) is 31.0 Å². The Kier molecular flexibility index (Phi) is 12.6. The van der Waals surface area contributed by atoms with Gasteiger partial charge in [0.1, 0.15) is 21.2 Å². The molecule has 0 unspecified atom stereocenters. The number of nitrogens with zero attached hydrogens (tertiary/aromatic N) is 8. The number of fused-ring (bicyclic) bond motifs is 2. The highest BCUT2D eigenvalue weighted by atomic mass is 32.2. The molecule has 0 saturated carbocycles. The summed E-state index contributed by atoms with van der Waals surface area (Å²) in [7, 11) is -9.47. The molecule has 0 atom stereocenters. The summed E-state index contributed by atoms with van der Waals surface area (Å²) in [5.41, 5.74) is 8.94. The van der Waals surface area contributed by atoms with Crippen LogP contribution in [-0.2, 0) is 20.2 Å². The molecule has 0 heterocycles. The number of phenolic OH excluding ortho intramolecular Hbond substituents is 1. The molecule has 0 bridgehead atoms. The standard InChI is InChI=1S/C49H41N9O7S2/c1-28-20-37(51-55-43-23-30(3)44(24-29(43)2)56-54-42-18-14-34-25-36(15-17-39(34)49(42)59)50-35-11-7-6-8-12-35)16-19-41(28)53-52-38-21-31(4)48(32(5)22-38)58-57-45-27-40-33(26-47(45)67(63,64)65)10-9-13-46(40)66(60,61)62/h6-27,50,59H,1-5H3,(H,60,61,62)(H,63,64,65). The molecule has 16 nitrogen and oxygen atoms in total. The zero-order valence-electron chi connectivity index (χ0n) is 36.6. The minimum absolute atomic E-state index is 0.00804. The summed E-state index contributed by atoms with van der Waals surface area (Å²) in [5.74, 6) is 0.0418. The first-order valence-corrected chi connectivity index (χ1v) is 23.4. The number of hydrogen-bond acceptors (Lipinski definition) is 14. The smallest absolute Gasteiger partial charge is 0.296 e. The Morgan fingerprint density at radius 3 is 1.64 bits per heavy atom. The summed E-state index contributed by atoms with van der Waals surface area (Å²) < 4.78 is 68.3. The molecule has 4 N–H and O–H groups in total. The Labute approximate surface area is 385 Å². The SMILES string of the molecule is Cc1cc(N=Nc2cc(C)c(N=Nc3ccc4cc(Nc5ccccc5)ccc4c3O)cc2C)ccc1N=Nc1cc(C)c(N=Nc2cc3c(S(=O)(=O)O)cccc3cc2S(=O)(=O)O)c(C)c1. The maximum atomic E-state index is 12.3. The number of aryl methyl sites for hydroxylation is 5. The molecule has 8 rings (SSSR count). The lowest BCUT2D eigenvalue weighted by molar-refractivity contribution is 0.482. The van der Waals surface area contributed by atoms with Crippen LogP contribution in [0, 0.1) is 34.6 Å². The van der Waals surface area contributed by atoms with Gasteiger partial charge in [-0.1, -0.05) is 36.4 Å². The summed E-state index contributed by atoms with van der Waals surface area (Å²) in [4.78, 5) is -1.05. The first-order chi connectivity index (χ1) is 31.9. The van der Waals surface area contributed by atoms with Crippen molar-refractivity contribution in [3.63, 3.8) is 0 Å². The molecular weight excluding hydrogens is 891 g/mol. The third-order valence-electron chi connectivity index (χ3n) is 10.7. The van der Waals surface area contributed by atoms with Crippen molar-refractivity contribution in [3.8, 4) is 5.75 Å². The van der Waals surface area contributed by atoms with Gasteiger partial charge in [-0.15, -0.1) is 15.3 Å². The van der Waals surface area contributed by atoms with Gasteiger partial charge in [-0.25, -0.2) is 0 Å². The van der Waals surface area contributed by atoms with E-state index in [2.05, 4.69) is 46.2 Å². The number of anilines is 2. The van der Waals surface area contributed by atoms with Crippen molar-refractivity contribution in [2.24, 2.45) is 40.9 Å². The topological polar surface area (TPSA) is 240 Å². The van der Waals surface area contributed by atoms with Gasteiger partial charge in [0.2, 0.25) is 0 Å². The number of phenols is 1. The normalized spacial score (nSPS) is 12.5. The minimum atomic E-state index is -4.80. The van der Waals surface area contributed by atoms with E-state index in [1.807, 2.05) is 93.6 Å². The minimum Gasteiger partial charge on any atom is -0.505 e. The maximum Gasteiger partial charge on any atom is 0.296 e. The largest absolute Gasteiger partial charge is 0.505 e. The van der Waals surface area contributed by atoms with E-state index >= 15 is 0 Å². The molecule has 8 aromatic rings. The number of azo groups is 4. The van der Waals surface area contributed by atoms with E-state index in [0.717, 1.165) is 51.7 Å². The molecule has 0 aliphatic rings. The second-order valence-corrected chi connectivity index (χ2v) is 18.5. The average molecular weight is 932 g/mol. The zero-order chi connectivity index (χ0) is 47.6. The first-order valence-electron chi connectivity index (χ1n) is 20.5. The molecule has 67 heavy (non-hydrogen) atoms. The van der Waals surface area contributed by atoms with Crippen LogP contribution < -0.4 is 5.32 Å². The summed E-state index contributed by atoms with van der Waals surface area (Å²) in [6.45, 7) is 9.20. The van der Waals surface area contributed by atoms with Gasteiger partial charge in [-0.2, -0.15) is 42.4 Å². The molecule has 336 valence electrons. The van der Waals surface area contributed by atoms with Crippen LogP contribution in [0.2, 0.25) is 0 Å². The molecular formula is C49H41N9O7S2. The third-order valence-corrected chi connectivity index (χ3v) is 12.5. The molecule has 0 radical (unpaired) electrons. The van der Waals surface area contributed by atoms with Gasteiger partial charge in [0.05, 0.1) is 34.1 Å². The summed E-state index contributed by atoms with van der Waals surface area (Å²) in [6, 6.07) is 37.9. The van der Waals surface area contributed by atoms with Crippen LogP contribution >= 0.6 is 0 Å². The van der Waals surface area contributed by atoms with E-state index in [9.17, 15) is 31.0 Å². The fourth-order valence-corrected chi connectivity index (χ4v) is 8.67. The Hall–Kier alpha value is -7.90. The Bertz CT molecular complexity index is 3610. The zero-order valence-corrected chi connectivity index (χ0v) is 38.2. The molecule has 0 aliphatic heterocycles. The summed E-state index contributed by atoms with van der Waals surface area (Å²) >= 11 is 0. The van der Waals surface area contributed by atoms with Crippen LogP contribution in [0.1, 0.15) is 27.8 Å². The molecule has 18 heteroatoms. The quantitative estimate of drug-likeness (QED) is 0.0677. The van der Waals surface area contributed by atoms with Gasteiger partial charge in [0.15, 0.2) is 5.75 Å². The predicted octanol–water partition coefficient (Wildman–Crippen LogP) is 15.1. The lowest BCUT2D eigenvalue weighted by Crippen LogP contribution is -2.01. The van der Waals surface area contributed by atoms with E-state index in [1.54, 1.807) is 44.2 Å². The van der Waals surface area contributed by atoms with E-state index in [-0.39, 0.29) is 22.2 Å². The average Bonchev–Trinajstić information content (AvgIpc) is 3.28. The Morgan fingerprint density at radius 2 is 0.970 bits per heavy atom. The van der Waals surface area contributed by atoms with Gasteiger partial charge in [-0.3, -0.25) is 9.11 Å². The van der Waals surface area contributed by atoms with Crippen LogP contribution in [0.4, 0.5) is 56.9 Å². The highest BCUT2D eigenvalue weighted by Gasteiger charge is 2.21. The lowest BCUT2D eigenvalue weighted by atomic mass is 10.1. The van der Waals surface area contributed by atoms with Crippen LogP contribution in [0.5, 0.6) is 5.75 Å². The number of aromatic hydroxyl groups is 1. The number of rotatable bonds is 12. The second kappa shape index (κ2) is 18.5. The van der Waals surface area contributed by atoms with Gasteiger partial charge >= 0.3 is 0 Å². The van der Waals surface area contributed by atoms with Crippen LogP contribution in [0.3, 0.4) is 0 Å². The third kappa shape index (κ3) is 10.3. The molecule has 0 spiro atoms. The predicted molar refractivity (Wildman–Crippen MR) is 259 cm³/mol. The molecule has 0 aromatic heterocycles. The number of nitrogens with one attached hydrogen (secondary N) is 1. The number of para-hydroxylation sites is 1. The lowest BCUT2D eigenvalue weighted by Gasteiger charge is -2.09. The van der Waals surface area contributed by atoms with Crippen molar-refractivity contribution in [2.45, 2.75) is 44.4 Å². The Morgan fingerprint density at radius 1 is 0.403 bits per heavy atom. The van der Waals surface area contributed by atoms with E-state index in [0.29, 0.717) is 56.3 Å². The summed E-state index contributed by atoms with van der Waals surface area (Å²) in [5, 5.41) is 51.1. The van der Waals surface area contributed by atoms with Crippen molar-refractivity contribution in [1.82, 2.24) is 0 Å². The maximum absolute atomic E-state index is 12.3. The Balaban J connectivity index is 0.948. The highest BCUT2D eigenvalue weighted by molar-refractivity contribution is 7.86. The first kappa shape index (κ1) is 45.7. The molecule has 0 fully saturated rings.